The zero-order valence-electron chi connectivity index (χ0n) is 15.3. The highest BCUT2D eigenvalue weighted by Gasteiger charge is 2.39. The molecule has 1 heterocycles. The number of aryl methyl sites for hydroxylation is 1. The van der Waals surface area contributed by atoms with Crippen LogP contribution < -0.4 is 5.32 Å². The normalized spacial score (nSPS) is 23.1. The molecule has 0 spiro atoms. The zero-order chi connectivity index (χ0) is 16.8. The van der Waals surface area contributed by atoms with Crippen LogP contribution in [0.3, 0.4) is 0 Å². The van der Waals surface area contributed by atoms with Crippen molar-refractivity contribution in [3.8, 4) is 0 Å². The van der Waals surface area contributed by atoms with Crippen LogP contribution in [0.2, 0.25) is 0 Å². The van der Waals surface area contributed by atoms with E-state index in [2.05, 4.69) is 41.4 Å². The fraction of sp³-hybridized carbons (Fsp3) is 0.714. The van der Waals surface area contributed by atoms with E-state index in [0.717, 1.165) is 52.0 Å². The Balaban J connectivity index is 1.79. The molecule has 134 valence electrons. The second-order valence-electron chi connectivity index (χ2n) is 7.76. The van der Waals surface area contributed by atoms with Crippen molar-refractivity contribution in [3.05, 3.63) is 35.4 Å². The molecular weight excluding hydrogens is 296 g/mol. The lowest BCUT2D eigenvalue weighted by atomic mass is 9.72. The van der Waals surface area contributed by atoms with Gasteiger partial charge in [0.25, 0.3) is 0 Å². The quantitative estimate of drug-likeness (QED) is 0.840. The minimum absolute atomic E-state index is 0.242. The molecule has 1 aliphatic carbocycles. The van der Waals surface area contributed by atoms with E-state index in [9.17, 15) is 5.11 Å². The summed E-state index contributed by atoms with van der Waals surface area (Å²) in [6, 6.07) is 9.11. The average Bonchev–Trinajstić information content (AvgIpc) is 2.62. The van der Waals surface area contributed by atoms with Crippen LogP contribution in [0.5, 0.6) is 0 Å². The number of nitrogens with one attached hydrogen (secondary N) is 1. The van der Waals surface area contributed by atoms with Gasteiger partial charge in [0.1, 0.15) is 0 Å². The molecule has 3 rings (SSSR count). The molecule has 1 aliphatic heterocycles. The van der Waals surface area contributed by atoms with Crippen molar-refractivity contribution in [2.75, 3.05) is 32.7 Å². The van der Waals surface area contributed by atoms with Gasteiger partial charge in [-0.3, -0.25) is 0 Å². The van der Waals surface area contributed by atoms with Gasteiger partial charge < -0.3 is 15.3 Å². The molecule has 3 nitrogen and oxygen atoms in total. The molecule has 1 aromatic carbocycles. The number of aliphatic hydroxyl groups is 1. The SMILES string of the molecule is CCCc1ccc(C(CN2CCNCC2)C2(O)CCCCC2)cc1. The predicted octanol–water partition coefficient (Wildman–Crippen LogP) is 3.32. The van der Waals surface area contributed by atoms with Gasteiger partial charge in [-0.25, -0.2) is 0 Å². The third kappa shape index (κ3) is 4.38. The van der Waals surface area contributed by atoms with E-state index in [-0.39, 0.29) is 5.92 Å². The number of hydrogen-bond donors (Lipinski definition) is 2. The van der Waals surface area contributed by atoms with Gasteiger partial charge >= 0.3 is 0 Å². The molecule has 1 atom stereocenters. The second-order valence-corrected chi connectivity index (χ2v) is 7.76. The van der Waals surface area contributed by atoms with Crippen LogP contribution in [0.25, 0.3) is 0 Å². The van der Waals surface area contributed by atoms with E-state index < -0.39 is 5.60 Å². The summed E-state index contributed by atoms with van der Waals surface area (Å²) in [5, 5.41) is 14.9. The van der Waals surface area contributed by atoms with Gasteiger partial charge in [-0.2, -0.15) is 0 Å². The Morgan fingerprint density at radius 2 is 1.75 bits per heavy atom. The summed E-state index contributed by atoms with van der Waals surface area (Å²) < 4.78 is 0. The smallest absolute Gasteiger partial charge is 0.0728 e. The standard InChI is InChI=1S/C21H34N2O/c1-2-6-18-7-9-19(10-8-18)20(17-23-15-13-22-14-16-23)21(24)11-4-3-5-12-21/h7-10,20,22,24H,2-6,11-17H2,1H3. The van der Waals surface area contributed by atoms with Crippen molar-refractivity contribution < 1.29 is 5.11 Å². The van der Waals surface area contributed by atoms with Crippen LogP contribution in [-0.4, -0.2) is 48.3 Å². The molecular formula is C21H34N2O. The first kappa shape index (κ1) is 17.9. The molecule has 0 bridgehead atoms. The monoisotopic (exact) mass is 330 g/mol. The Labute approximate surface area is 147 Å². The third-order valence-electron chi connectivity index (χ3n) is 5.94. The summed E-state index contributed by atoms with van der Waals surface area (Å²) in [5.41, 5.74) is 2.23. The lowest BCUT2D eigenvalue weighted by Crippen LogP contribution is -2.49. The van der Waals surface area contributed by atoms with Crippen LogP contribution in [0.15, 0.2) is 24.3 Å². The molecule has 0 amide bonds. The highest BCUT2D eigenvalue weighted by molar-refractivity contribution is 5.28. The fourth-order valence-corrected chi connectivity index (χ4v) is 4.46. The number of hydrogen-bond acceptors (Lipinski definition) is 3. The van der Waals surface area contributed by atoms with Crippen molar-refractivity contribution in [2.24, 2.45) is 0 Å². The van der Waals surface area contributed by atoms with E-state index in [1.54, 1.807) is 0 Å². The molecule has 1 saturated heterocycles. The fourth-order valence-electron chi connectivity index (χ4n) is 4.46. The summed E-state index contributed by atoms with van der Waals surface area (Å²) in [6.45, 7) is 7.55. The number of piperazine rings is 1. The average molecular weight is 331 g/mol. The van der Waals surface area contributed by atoms with Gasteiger partial charge in [0.2, 0.25) is 0 Å². The topological polar surface area (TPSA) is 35.5 Å². The highest BCUT2D eigenvalue weighted by atomic mass is 16.3. The summed E-state index contributed by atoms with van der Waals surface area (Å²) >= 11 is 0. The molecule has 1 aromatic rings. The van der Waals surface area contributed by atoms with Crippen LogP contribution in [0.1, 0.15) is 62.5 Å². The largest absolute Gasteiger partial charge is 0.389 e. The first-order chi connectivity index (χ1) is 11.7. The molecule has 2 aliphatic rings. The van der Waals surface area contributed by atoms with Gasteiger partial charge in [0, 0.05) is 38.6 Å². The van der Waals surface area contributed by atoms with Crippen LogP contribution in [0.4, 0.5) is 0 Å². The highest BCUT2D eigenvalue weighted by Crippen LogP contribution is 2.40. The van der Waals surface area contributed by atoms with E-state index in [1.807, 2.05) is 0 Å². The Kier molecular flexibility index (Phi) is 6.31. The van der Waals surface area contributed by atoms with Crippen LogP contribution >= 0.6 is 0 Å². The molecule has 0 aromatic heterocycles. The Hall–Kier alpha value is -0.900. The van der Waals surface area contributed by atoms with Crippen molar-refractivity contribution in [1.29, 1.82) is 0 Å². The number of benzene rings is 1. The third-order valence-corrected chi connectivity index (χ3v) is 5.94. The zero-order valence-corrected chi connectivity index (χ0v) is 15.3. The van der Waals surface area contributed by atoms with Crippen molar-refractivity contribution in [1.82, 2.24) is 10.2 Å². The summed E-state index contributed by atoms with van der Waals surface area (Å²) in [4.78, 5) is 2.54. The van der Waals surface area contributed by atoms with Gasteiger partial charge in [-0.1, -0.05) is 56.9 Å². The molecule has 24 heavy (non-hydrogen) atoms. The summed E-state index contributed by atoms with van der Waals surface area (Å²) in [5.74, 6) is 0.242. The van der Waals surface area contributed by atoms with Crippen LogP contribution in [-0.2, 0) is 6.42 Å². The van der Waals surface area contributed by atoms with Crippen LogP contribution in [0, 0.1) is 0 Å². The molecule has 1 unspecified atom stereocenters. The Morgan fingerprint density at radius 3 is 2.38 bits per heavy atom. The number of rotatable bonds is 6. The van der Waals surface area contributed by atoms with Gasteiger partial charge in [0.15, 0.2) is 0 Å². The van der Waals surface area contributed by atoms with E-state index in [4.69, 9.17) is 0 Å². The molecule has 2 fully saturated rings. The van der Waals surface area contributed by atoms with Crippen molar-refractivity contribution in [2.45, 2.75) is 63.4 Å². The number of nitrogens with zero attached hydrogens (tertiary/aromatic N) is 1. The molecule has 0 radical (unpaired) electrons. The van der Waals surface area contributed by atoms with Crippen molar-refractivity contribution >= 4 is 0 Å². The molecule has 3 heteroatoms. The maximum absolute atomic E-state index is 11.4. The first-order valence-corrected chi connectivity index (χ1v) is 9.95. The van der Waals surface area contributed by atoms with Gasteiger partial charge in [-0.15, -0.1) is 0 Å². The maximum atomic E-state index is 11.4. The minimum atomic E-state index is -0.518. The Bertz CT molecular complexity index is 487. The molecule has 2 N–H and O–H groups in total. The lowest BCUT2D eigenvalue weighted by Gasteiger charge is -2.42. The van der Waals surface area contributed by atoms with Crippen molar-refractivity contribution in [3.63, 3.8) is 0 Å². The van der Waals surface area contributed by atoms with E-state index in [0.29, 0.717) is 0 Å². The molecule has 1 saturated carbocycles. The first-order valence-electron chi connectivity index (χ1n) is 9.95. The maximum Gasteiger partial charge on any atom is 0.0728 e. The summed E-state index contributed by atoms with van der Waals surface area (Å²) in [7, 11) is 0. The second kappa shape index (κ2) is 8.46. The van der Waals surface area contributed by atoms with Gasteiger partial charge in [0.05, 0.1) is 5.60 Å². The van der Waals surface area contributed by atoms with E-state index in [1.165, 1.54) is 36.8 Å². The minimum Gasteiger partial charge on any atom is -0.389 e. The lowest BCUT2D eigenvalue weighted by molar-refractivity contribution is -0.0316. The predicted molar refractivity (Wildman–Crippen MR) is 101 cm³/mol. The van der Waals surface area contributed by atoms with Gasteiger partial charge in [-0.05, 0) is 30.4 Å². The summed E-state index contributed by atoms with van der Waals surface area (Å²) in [6.07, 6.45) is 7.87. The van der Waals surface area contributed by atoms with E-state index >= 15 is 0 Å². The Morgan fingerprint density at radius 1 is 1.08 bits per heavy atom.